The second kappa shape index (κ2) is 8.45. The Morgan fingerprint density at radius 2 is 1.90 bits per heavy atom. The van der Waals surface area contributed by atoms with E-state index in [9.17, 15) is 14.0 Å². The minimum Gasteiger partial charge on any atom is -0.491 e. The summed E-state index contributed by atoms with van der Waals surface area (Å²) in [6.07, 6.45) is 1.06. The van der Waals surface area contributed by atoms with Crippen LogP contribution in [0.25, 0.3) is 22.3 Å². The van der Waals surface area contributed by atoms with Gasteiger partial charge in [0.05, 0.1) is 29.0 Å². The van der Waals surface area contributed by atoms with E-state index in [1.165, 1.54) is 6.07 Å². The molecule has 0 radical (unpaired) electrons. The first-order valence-corrected chi connectivity index (χ1v) is 9.79. The summed E-state index contributed by atoms with van der Waals surface area (Å²) in [7, 11) is 0. The van der Waals surface area contributed by atoms with Crippen LogP contribution < -0.4 is 10.2 Å². The Kier molecular flexibility index (Phi) is 5.74. The van der Waals surface area contributed by atoms with Crippen LogP contribution >= 0.6 is 11.6 Å². The first-order chi connectivity index (χ1) is 14.4. The van der Waals surface area contributed by atoms with Gasteiger partial charge in [-0.15, -0.1) is 0 Å². The second-order valence-corrected chi connectivity index (χ2v) is 7.52. The van der Waals surface area contributed by atoms with E-state index >= 15 is 0 Å². The number of hydrogen-bond donors (Lipinski definition) is 1. The van der Waals surface area contributed by atoms with Gasteiger partial charge in [-0.25, -0.2) is 4.39 Å². The molecule has 0 spiro atoms. The van der Waals surface area contributed by atoms with Crippen molar-refractivity contribution in [1.29, 1.82) is 0 Å². The molecule has 0 unspecified atom stereocenters. The molecular formula is C22H18ClFO6. The molecule has 2 aromatic carbocycles. The van der Waals surface area contributed by atoms with E-state index in [-0.39, 0.29) is 33.4 Å². The summed E-state index contributed by atoms with van der Waals surface area (Å²) in [5.74, 6) is -0.746. The molecule has 0 bridgehead atoms. The molecular weight excluding hydrogens is 415 g/mol. The van der Waals surface area contributed by atoms with Gasteiger partial charge in [-0.2, -0.15) is 0 Å². The number of carboxylic acids is 1. The first-order valence-electron chi connectivity index (χ1n) is 9.41. The fourth-order valence-corrected chi connectivity index (χ4v) is 3.56. The predicted octanol–water partition coefficient (Wildman–Crippen LogP) is 4.51. The van der Waals surface area contributed by atoms with Gasteiger partial charge in [0.25, 0.3) is 0 Å². The lowest BCUT2D eigenvalue weighted by atomic mass is 9.82. The van der Waals surface area contributed by atoms with E-state index in [1.54, 1.807) is 24.3 Å². The second-order valence-electron chi connectivity index (χ2n) is 7.11. The van der Waals surface area contributed by atoms with Crippen molar-refractivity contribution >= 4 is 28.5 Å². The number of fused-ring (bicyclic) bond motifs is 1. The number of hydrogen-bond acceptors (Lipinski definition) is 5. The molecule has 1 fully saturated rings. The predicted molar refractivity (Wildman–Crippen MR) is 108 cm³/mol. The van der Waals surface area contributed by atoms with Crippen LogP contribution in [0, 0.1) is 11.7 Å². The highest BCUT2D eigenvalue weighted by atomic mass is 35.5. The Labute approximate surface area is 175 Å². The highest BCUT2D eigenvalue weighted by molar-refractivity contribution is 6.34. The third-order valence-corrected chi connectivity index (χ3v) is 5.32. The molecule has 1 aliphatic rings. The maximum Gasteiger partial charge on any atom is 0.306 e. The summed E-state index contributed by atoms with van der Waals surface area (Å²) in [4.78, 5) is 23.1. The molecule has 1 N–H and O–H groups in total. The monoisotopic (exact) mass is 432 g/mol. The van der Waals surface area contributed by atoms with E-state index < -0.39 is 11.8 Å². The van der Waals surface area contributed by atoms with Crippen LogP contribution in [0.5, 0.6) is 5.75 Å². The SMILES string of the molecule is O=C(O)C1CC(OCCOc2ccc(-c3cc(=O)c4cc(F)cc(Cl)c4o3)cc2)C1. The Hall–Kier alpha value is -2.90. The summed E-state index contributed by atoms with van der Waals surface area (Å²) in [5.41, 5.74) is 0.401. The van der Waals surface area contributed by atoms with Gasteiger partial charge < -0.3 is 19.0 Å². The number of carboxylic acid groups (broad SMARTS) is 1. The first kappa shape index (κ1) is 20.4. The van der Waals surface area contributed by atoms with Gasteiger partial charge in [-0.3, -0.25) is 9.59 Å². The Balaban J connectivity index is 1.37. The van der Waals surface area contributed by atoms with Gasteiger partial charge >= 0.3 is 5.97 Å². The van der Waals surface area contributed by atoms with Crippen LogP contribution in [-0.4, -0.2) is 30.4 Å². The van der Waals surface area contributed by atoms with E-state index in [0.717, 1.165) is 12.1 Å². The average molecular weight is 433 g/mol. The zero-order valence-electron chi connectivity index (χ0n) is 15.8. The van der Waals surface area contributed by atoms with Crippen molar-refractivity contribution in [3.05, 3.63) is 63.5 Å². The van der Waals surface area contributed by atoms with E-state index in [0.29, 0.717) is 43.1 Å². The van der Waals surface area contributed by atoms with Crippen molar-refractivity contribution in [1.82, 2.24) is 0 Å². The van der Waals surface area contributed by atoms with Crippen LogP contribution in [0.2, 0.25) is 5.02 Å². The molecule has 156 valence electrons. The number of carbonyl (C=O) groups is 1. The van der Waals surface area contributed by atoms with Crippen molar-refractivity contribution < 1.29 is 28.2 Å². The minimum atomic E-state index is -0.775. The molecule has 0 atom stereocenters. The molecule has 4 rings (SSSR count). The lowest BCUT2D eigenvalue weighted by Crippen LogP contribution is -2.36. The van der Waals surface area contributed by atoms with Crippen molar-refractivity contribution in [3.8, 4) is 17.1 Å². The van der Waals surface area contributed by atoms with Gasteiger partial charge in [0, 0.05) is 11.6 Å². The fraction of sp³-hybridized carbons (Fsp3) is 0.273. The molecule has 0 aliphatic heterocycles. The highest BCUT2D eigenvalue weighted by Crippen LogP contribution is 2.30. The van der Waals surface area contributed by atoms with Crippen LogP contribution in [-0.2, 0) is 9.53 Å². The lowest BCUT2D eigenvalue weighted by molar-refractivity contribution is -0.151. The third-order valence-electron chi connectivity index (χ3n) is 5.04. The van der Waals surface area contributed by atoms with Crippen LogP contribution in [0.1, 0.15) is 12.8 Å². The zero-order valence-corrected chi connectivity index (χ0v) is 16.5. The Morgan fingerprint density at radius 1 is 1.17 bits per heavy atom. The van der Waals surface area contributed by atoms with Gasteiger partial charge in [0.2, 0.25) is 0 Å². The third kappa shape index (κ3) is 4.32. The van der Waals surface area contributed by atoms with Crippen LogP contribution in [0.3, 0.4) is 0 Å². The Morgan fingerprint density at radius 3 is 2.60 bits per heavy atom. The van der Waals surface area contributed by atoms with Gasteiger partial charge in [0.15, 0.2) is 11.0 Å². The van der Waals surface area contributed by atoms with Crippen LogP contribution in [0.4, 0.5) is 4.39 Å². The summed E-state index contributed by atoms with van der Waals surface area (Å²) < 4.78 is 30.4. The number of rotatable bonds is 7. The molecule has 1 heterocycles. The maximum absolute atomic E-state index is 13.5. The summed E-state index contributed by atoms with van der Waals surface area (Å²) in [5, 5.41) is 8.96. The van der Waals surface area contributed by atoms with Crippen molar-refractivity contribution in [2.75, 3.05) is 13.2 Å². The summed E-state index contributed by atoms with van der Waals surface area (Å²) in [6.45, 7) is 0.702. The lowest BCUT2D eigenvalue weighted by Gasteiger charge is -2.31. The molecule has 0 amide bonds. The smallest absolute Gasteiger partial charge is 0.306 e. The molecule has 30 heavy (non-hydrogen) atoms. The maximum atomic E-state index is 13.5. The number of ether oxygens (including phenoxy) is 2. The number of halogens is 2. The zero-order chi connectivity index (χ0) is 21.3. The molecule has 1 aliphatic carbocycles. The van der Waals surface area contributed by atoms with E-state index in [4.69, 9.17) is 30.6 Å². The standard InChI is InChI=1S/C22H18ClFO6/c23-18-10-14(24)9-17-19(25)11-20(30-21(17)18)12-1-3-15(4-2-12)28-5-6-29-16-7-13(8-16)22(26)27/h1-4,9-11,13,16H,5-8H2,(H,26,27). The summed E-state index contributed by atoms with van der Waals surface area (Å²) >= 11 is 6.02. The largest absolute Gasteiger partial charge is 0.491 e. The number of aliphatic carboxylic acids is 1. The van der Waals surface area contributed by atoms with Crippen molar-refractivity contribution in [2.24, 2.45) is 5.92 Å². The average Bonchev–Trinajstić information content (AvgIpc) is 2.67. The molecule has 0 saturated heterocycles. The van der Waals surface area contributed by atoms with Crippen molar-refractivity contribution in [2.45, 2.75) is 18.9 Å². The highest BCUT2D eigenvalue weighted by Gasteiger charge is 2.34. The molecule has 6 nitrogen and oxygen atoms in total. The van der Waals surface area contributed by atoms with Gasteiger partial charge in [-0.05, 0) is 49.2 Å². The number of benzene rings is 2. The summed E-state index contributed by atoms with van der Waals surface area (Å²) in [6, 6.07) is 10.4. The topological polar surface area (TPSA) is 86.0 Å². The quantitative estimate of drug-likeness (QED) is 0.553. The van der Waals surface area contributed by atoms with E-state index in [2.05, 4.69) is 0 Å². The molecule has 1 saturated carbocycles. The van der Waals surface area contributed by atoms with Crippen molar-refractivity contribution in [3.63, 3.8) is 0 Å². The molecule has 1 aromatic heterocycles. The van der Waals surface area contributed by atoms with Gasteiger partial charge in [0.1, 0.15) is 23.9 Å². The Bertz CT molecular complexity index is 1130. The molecule has 8 heteroatoms. The fourth-order valence-electron chi connectivity index (χ4n) is 3.32. The minimum absolute atomic E-state index is 0.0202. The van der Waals surface area contributed by atoms with E-state index in [1.807, 2.05) is 0 Å². The molecule has 3 aromatic rings. The van der Waals surface area contributed by atoms with Crippen LogP contribution in [0.15, 0.2) is 51.7 Å². The van der Waals surface area contributed by atoms with Gasteiger partial charge in [-0.1, -0.05) is 11.6 Å². The normalized spacial score (nSPS) is 18.2.